The van der Waals surface area contributed by atoms with Crippen molar-refractivity contribution in [2.24, 2.45) is 0 Å². The molecule has 1 atom stereocenters. The van der Waals surface area contributed by atoms with Crippen LogP contribution in [0, 0.1) is 10.7 Å². The van der Waals surface area contributed by atoms with Crippen LogP contribution in [0.1, 0.15) is 12.0 Å². The van der Waals surface area contributed by atoms with Gasteiger partial charge in [0.2, 0.25) is 0 Å². The van der Waals surface area contributed by atoms with E-state index in [0.29, 0.717) is 6.42 Å². The molecule has 0 fully saturated rings. The zero-order valence-electron chi connectivity index (χ0n) is 20.4. The Labute approximate surface area is 222 Å². The van der Waals surface area contributed by atoms with Crippen LogP contribution in [-0.4, -0.2) is 128 Å². The molecule has 0 aromatic heterocycles. The van der Waals surface area contributed by atoms with Crippen molar-refractivity contribution in [1.82, 2.24) is 14.7 Å². The lowest BCUT2D eigenvalue weighted by Crippen LogP contribution is -2.50. The molecule has 0 amide bonds. The Hall–Kier alpha value is -3.71. The highest BCUT2D eigenvalue weighted by Gasteiger charge is 2.27. The standard InChI is InChI=1S/C23H30N4O10S/c24-15-38-18-5-2-16(3-6-18)1-4-17(27(13-22(34)35)14-23(36)37)9-25(10-19(28)29)7-8-26(11-20(30)31)12-21(32)33/h2-3,5-6,17H,1,4,7-14H2,(H,28,29)(H,30,31)(H,32,33)(H,34,35)(H,36,37). The lowest BCUT2D eigenvalue weighted by atomic mass is 10.0. The molecule has 208 valence electrons. The third-order valence-electron chi connectivity index (χ3n) is 5.32. The van der Waals surface area contributed by atoms with Gasteiger partial charge in [-0.1, -0.05) is 12.1 Å². The van der Waals surface area contributed by atoms with Crippen LogP contribution < -0.4 is 0 Å². The smallest absolute Gasteiger partial charge is 0.317 e. The van der Waals surface area contributed by atoms with Crippen LogP contribution in [0.3, 0.4) is 0 Å². The maximum atomic E-state index is 11.5. The average Bonchev–Trinajstić information content (AvgIpc) is 2.79. The van der Waals surface area contributed by atoms with E-state index in [1.54, 1.807) is 24.3 Å². The zero-order valence-corrected chi connectivity index (χ0v) is 21.2. The molecule has 0 aliphatic carbocycles. The lowest BCUT2D eigenvalue weighted by Gasteiger charge is -2.34. The average molecular weight is 555 g/mol. The molecule has 14 nitrogen and oxygen atoms in total. The zero-order chi connectivity index (χ0) is 28.7. The van der Waals surface area contributed by atoms with E-state index in [9.17, 15) is 39.3 Å². The highest BCUT2D eigenvalue weighted by atomic mass is 32.2. The van der Waals surface area contributed by atoms with Gasteiger partial charge in [-0.15, -0.1) is 0 Å². The number of hydrogen-bond donors (Lipinski definition) is 5. The van der Waals surface area contributed by atoms with Gasteiger partial charge in [-0.3, -0.25) is 38.7 Å². The number of aryl methyl sites for hydroxylation is 1. The number of rotatable bonds is 20. The van der Waals surface area contributed by atoms with Gasteiger partial charge in [0.25, 0.3) is 0 Å². The minimum Gasteiger partial charge on any atom is -0.480 e. The molecule has 0 saturated heterocycles. The molecule has 1 aromatic carbocycles. The molecule has 0 heterocycles. The number of carboxylic acids is 5. The van der Waals surface area contributed by atoms with Crippen molar-refractivity contribution in [3.8, 4) is 5.40 Å². The van der Waals surface area contributed by atoms with Crippen molar-refractivity contribution in [2.75, 3.05) is 52.4 Å². The molecule has 38 heavy (non-hydrogen) atoms. The van der Waals surface area contributed by atoms with Crippen molar-refractivity contribution < 1.29 is 49.5 Å². The molecule has 5 N–H and O–H groups in total. The first-order chi connectivity index (χ1) is 17.9. The van der Waals surface area contributed by atoms with Crippen LogP contribution in [-0.2, 0) is 30.4 Å². The van der Waals surface area contributed by atoms with Crippen LogP contribution in [0.5, 0.6) is 0 Å². The maximum Gasteiger partial charge on any atom is 0.317 e. The van der Waals surface area contributed by atoms with Crippen LogP contribution in [0.25, 0.3) is 0 Å². The Morgan fingerprint density at radius 1 is 0.737 bits per heavy atom. The number of benzene rings is 1. The monoisotopic (exact) mass is 554 g/mol. The Morgan fingerprint density at radius 3 is 1.63 bits per heavy atom. The van der Waals surface area contributed by atoms with Crippen LogP contribution in [0.2, 0.25) is 0 Å². The summed E-state index contributed by atoms with van der Waals surface area (Å²) in [4.78, 5) is 61.1. The van der Waals surface area contributed by atoms with Gasteiger partial charge in [-0.2, -0.15) is 5.26 Å². The second-order valence-electron chi connectivity index (χ2n) is 8.35. The van der Waals surface area contributed by atoms with Crippen molar-refractivity contribution >= 4 is 41.6 Å². The molecular weight excluding hydrogens is 524 g/mol. The maximum absolute atomic E-state index is 11.5. The second kappa shape index (κ2) is 16.9. The number of nitriles is 1. The Balaban J connectivity index is 3.14. The number of carbonyl (C=O) groups is 5. The van der Waals surface area contributed by atoms with Crippen LogP contribution >= 0.6 is 11.8 Å². The number of hydrogen-bond acceptors (Lipinski definition) is 10. The van der Waals surface area contributed by atoms with Gasteiger partial charge in [0.1, 0.15) is 5.40 Å². The Bertz CT molecular complexity index is 982. The summed E-state index contributed by atoms with van der Waals surface area (Å²) >= 11 is 0.983. The van der Waals surface area contributed by atoms with Gasteiger partial charge < -0.3 is 25.5 Å². The highest BCUT2D eigenvalue weighted by molar-refractivity contribution is 8.03. The van der Waals surface area contributed by atoms with Gasteiger partial charge >= 0.3 is 29.8 Å². The first kappa shape index (κ1) is 32.3. The highest BCUT2D eigenvalue weighted by Crippen LogP contribution is 2.19. The molecule has 1 aromatic rings. The number of thiocyanates is 1. The summed E-state index contributed by atoms with van der Waals surface area (Å²) in [6.45, 7) is -3.13. The third-order valence-corrected chi connectivity index (χ3v) is 5.92. The molecule has 0 saturated carbocycles. The molecule has 0 aliphatic heterocycles. The van der Waals surface area contributed by atoms with E-state index in [2.05, 4.69) is 0 Å². The first-order valence-electron chi connectivity index (χ1n) is 11.3. The summed E-state index contributed by atoms with van der Waals surface area (Å²) in [5.41, 5.74) is 0.835. The van der Waals surface area contributed by atoms with Gasteiger partial charge in [0.05, 0.1) is 32.7 Å². The predicted octanol–water partition coefficient (Wildman–Crippen LogP) is -0.110. The SMILES string of the molecule is N#CSc1ccc(CCC(CN(CCN(CC(=O)O)CC(=O)O)CC(=O)O)N(CC(=O)O)CC(=O)O)cc1. The fraction of sp³-hybridized carbons (Fsp3) is 0.478. The molecule has 0 bridgehead atoms. The summed E-state index contributed by atoms with van der Waals surface area (Å²) in [6, 6.07) is 6.31. The van der Waals surface area contributed by atoms with Crippen LogP contribution in [0.15, 0.2) is 29.2 Å². The summed E-state index contributed by atoms with van der Waals surface area (Å²) in [7, 11) is 0. The Kier molecular flexibility index (Phi) is 14.4. The predicted molar refractivity (Wildman–Crippen MR) is 133 cm³/mol. The van der Waals surface area contributed by atoms with E-state index in [-0.39, 0.29) is 26.1 Å². The van der Waals surface area contributed by atoms with Crippen molar-refractivity contribution in [1.29, 1.82) is 5.26 Å². The summed E-state index contributed by atoms with van der Waals surface area (Å²) in [6.07, 6.45) is 0.651. The van der Waals surface area contributed by atoms with E-state index in [1.165, 1.54) is 9.80 Å². The molecule has 1 unspecified atom stereocenters. The third kappa shape index (κ3) is 14.1. The van der Waals surface area contributed by atoms with Crippen molar-refractivity contribution in [3.05, 3.63) is 29.8 Å². The van der Waals surface area contributed by atoms with Gasteiger partial charge in [0, 0.05) is 30.6 Å². The quantitative estimate of drug-likeness (QED) is 0.105. The van der Waals surface area contributed by atoms with E-state index in [0.717, 1.165) is 27.1 Å². The molecule has 0 spiro atoms. The summed E-state index contributed by atoms with van der Waals surface area (Å²) in [5.74, 6) is -6.29. The van der Waals surface area contributed by atoms with Gasteiger partial charge in [-0.25, -0.2) is 0 Å². The number of nitrogens with zero attached hydrogens (tertiary/aromatic N) is 4. The van der Waals surface area contributed by atoms with E-state index < -0.39 is 68.6 Å². The fourth-order valence-electron chi connectivity index (χ4n) is 3.76. The van der Waals surface area contributed by atoms with E-state index in [4.69, 9.17) is 15.5 Å². The van der Waals surface area contributed by atoms with Crippen LogP contribution in [0.4, 0.5) is 0 Å². The largest absolute Gasteiger partial charge is 0.480 e. The normalized spacial score (nSPS) is 11.8. The Morgan fingerprint density at radius 2 is 1.18 bits per heavy atom. The second-order valence-corrected chi connectivity index (χ2v) is 9.21. The van der Waals surface area contributed by atoms with Crippen molar-refractivity contribution in [2.45, 2.75) is 23.8 Å². The number of carboxylic acid groups (broad SMARTS) is 5. The summed E-state index contributed by atoms with van der Waals surface area (Å²) in [5, 5.41) is 56.9. The fourth-order valence-corrected chi connectivity index (χ4v) is 4.14. The first-order valence-corrected chi connectivity index (χ1v) is 12.1. The lowest BCUT2D eigenvalue weighted by molar-refractivity contribution is -0.144. The number of thioether (sulfide) groups is 1. The molecular formula is C23H30N4O10S. The number of aliphatic carboxylic acids is 5. The molecule has 1 rings (SSSR count). The van der Waals surface area contributed by atoms with E-state index >= 15 is 0 Å². The van der Waals surface area contributed by atoms with Crippen molar-refractivity contribution in [3.63, 3.8) is 0 Å². The molecule has 0 aliphatic rings. The minimum atomic E-state index is -1.27. The van der Waals surface area contributed by atoms with Gasteiger partial charge in [-0.05, 0) is 42.3 Å². The molecule has 15 heteroatoms. The minimum absolute atomic E-state index is 0.0581. The van der Waals surface area contributed by atoms with Gasteiger partial charge in [0.15, 0.2) is 0 Å². The van der Waals surface area contributed by atoms with E-state index in [1.807, 2.05) is 5.40 Å². The summed E-state index contributed by atoms with van der Waals surface area (Å²) < 4.78 is 0. The topological polar surface area (TPSA) is 220 Å². The molecule has 0 radical (unpaired) electrons.